The predicted molar refractivity (Wildman–Crippen MR) is 96.2 cm³/mol. The van der Waals surface area contributed by atoms with Gasteiger partial charge in [0.05, 0.1) is 11.6 Å². The lowest BCUT2D eigenvalue weighted by Gasteiger charge is -2.30. The van der Waals surface area contributed by atoms with E-state index in [9.17, 15) is 19.8 Å². The number of hydrogen-bond acceptors (Lipinski definition) is 4. The smallest absolute Gasteiger partial charge is 0.290 e. The summed E-state index contributed by atoms with van der Waals surface area (Å²) in [6, 6.07) is 5.84. The van der Waals surface area contributed by atoms with Crippen LogP contribution in [-0.4, -0.2) is 33.3 Å². The van der Waals surface area contributed by atoms with E-state index in [2.05, 4.69) is 13.8 Å². The van der Waals surface area contributed by atoms with Crippen LogP contribution >= 0.6 is 0 Å². The second-order valence-corrected chi connectivity index (χ2v) is 6.69. The Balaban J connectivity index is 2.37. The maximum Gasteiger partial charge on any atom is 0.290 e. The number of phenolic OH excluding ortho intramolecular Hbond substituents is 1. The fourth-order valence-corrected chi connectivity index (χ4v) is 3.40. The molecule has 1 amide bonds. The molecular weight excluding hydrogens is 318 g/mol. The summed E-state index contributed by atoms with van der Waals surface area (Å²) in [5.41, 5.74) is 0.853. The van der Waals surface area contributed by atoms with E-state index in [1.807, 2.05) is 0 Å². The third-order valence-electron chi connectivity index (χ3n) is 4.89. The summed E-state index contributed by atoms with van der Waals surface area (Å²) in [7, 11) is 0. The molecular formula is C20H27NO4. The first-order valence-electron chi connectivity index (χ1n) is 8.94. The van der Waals surface area contributed by atoms with Crippen LogP contribution in [0.4, 0.5) is 0 Å². The van der Waals surface area contributed by atoms with Crippen LogP contribution in [0.5, 0.6) is 5.75 Å². The average molecular weight is 345 g/mol. The van der Waals surface area contributed by atoms with E-state index in [0.717, 1.165) is 25.7 Å². The fraction of sp³-hybridized carbons (Fsp3) is 0.500. The summed E-state index contributed by atoms with van der Waals surface area (Å²) in [6.07, 6.45) is 4.12. The predicted octanol–water partition coefficient (Wildman–Crippen LogP) is 3.89. The summed E-state index contributed by atoms with van der Waals surface area (Å²) in [5, 5.41) is 19.8. The van der Waals surface area contributed by atoms with E-state index in [1.54, 1.807) is 17.0 Å². The first-order valence-corrected chi connectivity index (χ1v) is 8.94. The van der Waals surface area contributed by atoms with Gasteiger partial charge in [-0.05, 0) is 37.0 Å². The van der Waals surface area contributed by atoms with E-state index in [1.165, 1.54) is 19.1 Å². The number of aromatic hydroxyl groups is 1. The third-order valence-corrected chi connectivity index (χ3v) is 4.89. The molecule has 2 N–H and O–H groups in total. The van der Waals surface area contributed by atoms with Crippen LogP contribution in [-0.2, 0) is 9.59 Å². The number of Topliss-reactive ketones (excluding diaryl/α,β-unsaturated/α-hetero) is 1. The van der Waals surface area contributed by atoms with Gasteiger partial charge >= 0.3 is 0 Å². The van der Waals surface area contributed by atoms with Crippen molar-refractivity contribution in [1.82, 2.24) is 4.90 Å². The first-order chi connectivity index (χ1) is 11.9. The lowest BCUT2D eigenvalue weighted by atomic mass is 9.94. The van der Waals surface area contributed by atoms with E-state index in [-0.39, 0.29) is 17.1 Å². The molecule has 0 aliphatic carbocycles. The highest BCUT2D eigenvalue weighted by atomic mass is 16.3. The van der Waals surface area contributed by atoms with Crippen molar-refractivity contribution in [3.8, 4) is 5.75 Å². The second kappa shape index (κ2) is 8.19. The molecule has 1 aromatic rings. The van der Waals surface area contributed by atoms with Gasteiger partial charge in [-0.1, -0.05) is 45.2 Å². The van der Waals surface area contributed by atoms with E-state index >= 15 is 0 Å². The van der Waals surface area contributed by atoms with Gasteiger partial charge in [0, 0.05) is 6.54 Å². The molecule has 0 saturated carbocycles. The Morgan fingerprint density at radius 1 is 1.20 bits per heavy atom. The minimum absolute atomic E-state index is 0.117. The van der Waals surface area contributed by atoms with E-state index in [0.29, 0.717) is 18.0 Å². The number of rotatable bonds is 8. The lowest BCUT2D eigenvalue weighted by molar-refractivity contribution is -0.130. The molecule has 0 aromatic heterocycles. The molecule has 5 nitrogen and oxygen atoms in total. The van der Waals surface area contributed by atoms with Crippen LogP contribution in [0.25, 0.3) is 0 Å². The van der Waals surface area contributed by atoms with Crippen molar-refractivity contribution in [2.45, 2.75) is 52.5 Å². The van der Waals surface area contributed by atoms with Gasteiger partial charge in [0.1, 0.15) is 5.75 Å². The molecule has 0 radical (unpaired) electrons. The van der Waals surface area contributed by atoms with Crippen LogP contribution in [0.15, 0.2) is 35.6 Å². The molecule has 0 fully saturated rings. The minimum atomic E-state index is -0.596. The van der Waals surface area contributed by atoms with Crippen molar-refractivity contribution in [3.63, 3.8) is 0 Å². The summed E-state index contributed by atoms with van der Waals surface area (Å²) in [5.74, 6) is -0.809. The Morgan fingerprint density at radius 3 is 2.36 bits per heavy atom. The number of nitrogens with zero attached hydrogens (tertiary/aromatic N) is 1. The maximum absolute atomic E-state index is 12.6. The average Bonchev–Trinajstić information content (AvgIpc) is 2.84. The molecule has 0 spiro atoms. The number of aliphatic hydroxyl groups excluding tert-OH is 1. The number of amides is 1. The summed E-state index contributed by atoms with van der Waals surface area (Å²) < 4.78 is 0. The van der Waals surface area contributed by atoms with Crippen LogP contribution in [0.1, 0.15) is 58.1 Å². The van der Waals surface area contributed by atoms with Crippen LogP contribution < -0.4 is 0 Å². The molecule has 1 aromatic carbocycles. The van der Waals surface area contributed by atoms with Gasteiger partial charge in [0.25, 0.3) is 5.91 Å². The Kier molecular flexibility index (Phi) is 6.23. The van der Waals surface area contributed by atoms with Gasteiger partial charge in [-0.3, -0.25) is 9.59 Å². The summed E-state index contributed by atoms with van der Waals surface area (Å²) in [4.78, 5) is 26.3. The van der Waals surface area contributed by atoms with Crippen molar-refractivity contribution in [2.24, 2.45) is 5.92 Å². The van der Waals surface area contributed by atoms with Crippen molar-refractivity contribution in [1.29, 1.82) is 0 Å². The Morgan fingerprint density at radius 2 is 1.84 bits per heavy atom. The molecule has 1 aliphatic heterocycles. The third kappa shape index (κ3) is 4.03. The van der Waals surface area contributed by atoms with Crippen molar-refractivity contribution >= 4 is 11.7 Å². The van der Waals surface area contributed by atoms with Crippen LogP contribution in [0.3, 0.4) is 0 Å². The van der Waals surface area contributed by atoms with Crippen molar-refractivity contribution in [3.05, 3.63) is 41.2 Å². The zero-order valence-electron chi connectivity index (χ0n) is 15.2. The molecule has 0 saturated heterocycles. The number of ketones is 1. The van der Waals surface area contributed by atoms with Crippen LogP contribution in [0, 0.1) is 5.92 Å². The molecule has 0 unspecified atom stereocenters. The standard InChI is InChI=1S/C20H27NO4/c1-4-6-7-14(5-2)12-21-18(15-8-10-16(23)11-9-15)17(13(3)22)19(24)20(21)25/h8-11,14,18,23-24H,4-7,12H2,1-3H3/t14-,18-/m0/s1. The Hall–Kier alpha value is -2.30. The van der Waals surface area contributed by atoms with Gasteiger partial charge in [0.2, 0.25) is 0 Å². The highest BCUT2D eigenvalue weighted by Gasteiger charge is 2.42. The molecule has 0 bridgehead atoms. The zero-order chi connectivity index (χ0) is 18.6. The highest BCUT2D eigenvalue weighted by molar-refractivity contribution is 6.08. The topological polar surface area (TPSA) is 77.8 Å². The minimum Gasteiger partial charge on any atom is -0.508 e. The fourth-order valence-electron chi connectivity index (χ4n) is 3.40. The number of carbonyl (C=O) groups is 2. The molecule has 1 heterocycles. The van der Waals surface area contributed by atoms with Crippen molar-refractivity contribution in [2.75, 3.05) is 6.54 Å². The van der Waals surface area contributed by atoms with Gasteiger partial charge in [-0.25, -0.2) is 0 Å². The lowest BCUT2D eigenvalue weighted by Crippen LogP contribution is -2.35. The number of hydrogen-bond donors (Lipinski definition) is 2. The van der Waals surface area contributed by atoms with Gasteiger partial charge in [0.15, 0.2) is 11.5 Å². The molecule has 1 aliphatic rings. The first kappa shape index (κ1) is 19.0. The Labute approximate surface area is 149 Å². The quantitative estimate of drug-likeness (QED) is 0.749. The summed E-state index contributed by atoms with van der Waals surface area (Å²) in [6.45, 7) is 6.09. The maximum atomic E-state index is 12.6. The number of carbonyl (C=O) groups excluding carboxylic acids is 2. The van der Waals surface area contributed by atoms with Crippen LogP contribution in [0.2, 0.25) is 0 Å². The number of aliphatic hydroxyl groups is 1. The van der Waals surface area contributed by atoms with Gasteiger partial charge in [-0.15, -0.1) is 0 Å². The highest BCUT2D eigenvalue weighted by Crippen LogP contribution is 2.39. The second-order valence-electron chi connectivity index (χ2n) is 6.69. The number of unbranched alkanes of at least 4 members (excludes halogenated alkanes) is 1. The molecule has 25 heavy (non-hydrogen) atoms. The number of phenols is 1. The van der Waals surface area contributed by atoms with E-state index in [4.69, 9.17) is 0 Å². The van der Waals surface area contributed by atoms with Crippen molar-refractivity contribution < 1.29 is 19.8 Å². The monoisotopic (exact) mass is 345 g/mol. The van der Waals surface area contributed by atoms with E-state index < -0.39 is 17.7 Å². The summed E-state index contributed by atoms with van der Waals surface area (Å²) >= 11 is 0. The Bertz CT molecular complexity index is 663. The molecule has 136 valence electrons. The van der Waals surface area contributed by atoms with Gasteiger partial charge < -0.3 is 15.1 Å². The normalized spacial score (nSPS) is 18.8. The molecule has 2 atom stereocenters. The van der Waals surface area contributed by atoms with Gasteiger partial charge in [-0.2, -0.15) is 0 Å². The zero-order valence-corrected chi connectivity index (χ0v) is 15.2. The molecule has 5 heteroatoms. The largest absolute Gasteiger partial charge is 0.508 e. The number of benzene rings is 1. The SMILES string of the molecule is CCCC[C@H](CC)CN1C(=O)C(O)=C(C(C)=O)[C@@H]1c1ccc(O)cc1. The molecule has 2 rings (SSSR count).